The van der Waals surface area contributed by atoms with Gasteiger partial charge in [-0.3, -0.25) is 9.59 Å². The van der Waals surface area contributed by atoms with Crippen molar-refractivity contribution in [2.24, 2.45) is 0 Å². The molecule has 2 saturated heterocycles. The number of rotatable bonds is 3. The molecule has 0 radical (unpaired) electrons. The van der Waals surface area contributed by atoms with Gasteiger partial charge < -0.3 is 19.9 Å². The summed E-state index contributed by atoms with van der Waals surface area (Å²) in [6.45, 7) is 3.68. The van der Waals surface area contributed by atoms with Gasteiger partial charge in [0, 0.05) is 43.9 Å². The number of methoxy groups -OCH3 is 1. The highest BCUT2D eigenvalue weighted by molar-refractivity contribution is 6.30. The van der Waals surface area contributed by atoms with Crippen LogP contribution in [0.5, 0.6) is 0 Å². The van der Waals surface area contributed by atoms with E-state index >= 15 is 0 Å². The van der Waals surface area contributed by atoms with Gasteiger partial charge in [-0.25, -0.2) is 0 Å². The molecule has 0 atom stereocenters. The van der Waals surface area contributed by atoms with Gasteiger partial charge in [-0.1, -0.05) is 17.7 Å². The lowest BCUT2D eigenvalue weighted by Gasteiger charge is -2.42. The van der Waals surface area contributed by atoms with E-state index in [0.717, 1.165) is 13.1 Å². The van der Waals surface area contributed by atoms with Gasteiger partial charge in [0.1, 0.15) is 5.60 Å². The monoisotopic (exact) mass is 401 g/mol. The summed E-state index contributed by atoms with van der Waals surface area (Å²) in [7, 11) is 1.61. The number of piperidine rings is 1. The Labute approximate surface area is 165 Å². The summed E-state index contributed by atoms with van der Waals surface area (Å²) in [4.78, 5) is 29.1. The summed E-state index contributed by atoms with van der Waals surface area (Å²) in [6.07, 6.45) is 1.37. The Morgan fingerprint density at radius 2 is 1.73 bits per heavy atom. The molecule has 0 bridgehead atoms. The first kappa shape index (κ1) is 21.0. The number of carbonyl (C=O) groups excluding carboxylic acids is 2. The molecule has 1 aromatic rings. The number of piperazine rings is 1. The molecule has 2 fully saturated rings. The summed E-state index contributed by atoms with van der Waals surface area (Å²) in [6, 6.07) is 6.96. The Balaban J connectivity index is 0.00000243. The van der Waals surface area contributed by atoms with E-state index in [0.29, 0.717) is 49.6 Å². The molecule has 1 N–H and O–H groups in total. The molecule has 2 heterocycles. The van der Waals surface area contributed by atoms with Crippen molar-refractivity contribution in [3.8, 4) is 0 Å². The van der Waals surface area contributed by atoms with Crippen LogP contribution in [0, 0.1) is 0 Å². The molecule has 0 aliphatic carbocycles. The van der Waals surface area contributed by atoms with Crippen LogP contribution in [0.2, 0.25) is 5.02 Å². The SMILES string of the molecule is COC1(C(=O)N2CCN(C(=O)c3cccc(Cl)c3)CC2)CCNCC1.Cl. The third-order valence-electron chi connectivity index (χ3n) is 5.12. The second kappa shape index (κ2) is 9.04. The lowest BCUT2D eigenvalue weighted by Crippen LogP contribution is -2.59. The Hall–Kier alpha value is -1.34. The summed E-state index contributed by atoms with van der Waals surface area (Å²) in [5.74, 6) is 0.00396. The zero-order chi connectivity index (χ0) is 17.9. The predicted octanol–water partition coefficient (Wildman–Crippen LogP) is 1.81. The zero-order valence-electron chi connectivity index (χ0n) is 14.9. The number of amides is 2. The van der Waals surface area contributed by atoms with Crippen LogP contribution in [0.3, 0.4) is 0 Å². The molecule has 3 rings (SSSR count). The minimum absolute atomic E-state index is 0. The Kier molecular flexibility index (Phi) is 7.29. The van der Waals surface area contributed by atoms with Crippen LogP contribution in [0.25, 0.3) is 0 Å². The van der Waals surface area contributed by atoms with Crippen molar-refractivity contribution in [1.29, 1.82) is 0 Å². The average Bonchev–Trinajstić information content (AvgIpc) is 2.67. The van der Waals surface area contributed by atoms with Crippen LogP contribution in [0.1, 0.15) is 23.2 Å². The lowest BCUT2D eigenvalue weighted by atomic mass is 9.90. The van der Waals surface area contributed by atoms with Crippen molar-refractivity contribution in [1.82, 2.24) is 15.1 Å². The smallest absolute Gasteiger partial charge is 0.255 e. The fourth-order valence-corrected chi connectivity index (χ4v) is 3.73. The van der Waals surface area contributed by atoms with Crippen molar-refractivity contribution in [2.45, 2.75) is 18.4 Å². The van der Waals surface area contributed by atoms with Crippen molar-refractivity contribution in [2.75, 3.05) is 46.4 Å². The molecule has 144 valence electrons. The second-order valence-electron chi connectivity index (χ2n) is 6.54. The zero-order valence-corrected chi connectivity index (χ0v) is 16.4. The first-order chi connectivity index (χ1) is 12.1. The third kappa shape index (κ3) is 4.31. The summed E-state index contributed by atoms with van der Waals surface area (Å²) in [5, 5.41) is 3.81. The van der Waals surface area contributed by atoms with Crippen LogP contribution in [-0.4, -0.2) is 73.6 Å². The van der Waals surface area contributed by atoms with Crippen LogP contribution in [-0.2, 0) is 9.53 Å². The van der Waals surface area contributed by atoms with Crippen LogP contribution < -0.4 is 5.32 Å². The Bertz CT molecular complexity index is 642. The molecule has 8 heteroatoms. The van der Waals surface area contributed by atoms with Crippen molar-refractivity contribution >= 4 is 35.8 Å². The Morgan fingerprint density at radius 3 is 2.31 bits per heavy atom. The number of benzene rings is 1. The van der Waals surface area contributed by atoms with Gasteiger partial charge >= 0.3 is 0 Å². The molecule has 0 spiro atoms. The standard InChI is InChI=1S/C18H24ClN3O3.ClH/c1-25-18(5-7-20-8-6-18)17(24)22-11-9-21(10-12-22)16(23)14-3-2-4-15(19)13-14;/h2-4,13,20H,5-12H2,1H3;1H. The maximum Gasteiger partial charge on any atom is 0.255 e. The first-order valence-electron chi connectivity index (χ1n) is 8.66. The summed E-state index contributed by atoms with van der Waals surface area (Å²) >= 11 is 5.97. The minimum Gasteiger partial charge on any atom is -0.368 e. The number of hydrogen-bond acceptors (Lipinski definition) is 4. The van der Waals surface area contributed by atoms with Gasteiger partial charge in [-0.15, -0.1) is 12.4 Å². The fraction of sp³-hybridized carbons (Fsp3) is 0.556. The highest BCUT2D eigenvalue weighted by atomic mass is 35.5. The molecule has 0 saturated carbocycles. The number of hydrogen-bond donors (Lipinski definition) is 1. The first-order valence-corrected chi connectivity index (χ1v) is 9.04. The lowest BCUT2D eigenvalue weighted by molar-refractivity contribution is -0.159. The van der Waals surface area contributed by atoms with E-state index in [9.17, 15) is 9.59 Å². The van der Waals surface area contributed by atoms with E-state index in [1.54, 1.807) is 36.3 Å². The highest BCUT2D eigenvalue weighted by Gasteiger charge is 2.43. The van der Waals surface area contributed by atoms with Gasteiger partial charge in [0.25, 0.3) is 11.8 Å². The van der Waals surface area contributed by atoms with E-state index in [1.165, 1.54) is 0 Å². The van der Waals surface area contributed by atoms with Gasteiger partial charge in [0.05, 0.1) is 0 Å². The van der Waals surface area contributed by atoms with Crippen LogP contribution >= 0.6 is 24.0 Å². The number of halogens is 2. The topological polar surface area (TPSA) is 61.9 Å². The number of carbonyl (C=O) groups is 2. The second-order valence-corrected chi connectivity index (χ2v) is 6.98. The molecular weight excluding hydrogens is 377 g/mol. The third-order valence-corrected chi connectivity index (χ3v) is 5.35. The maximum absolute atomic E-state index is 12.9. The predicted molar refractivity (Wildman–Crippen MR) is 103 cm³/mol. The van der Waals surface area contributed by atoms with Crippen LogP contribution in [0.15, 0.2) is 24.3 Å². The fourth-order valence-electron chi connectivity index (χ4n) is 3.54. The molecule has 0 aromatic heterocycles. The molecule has 6 nitrogen and oxygen atoms in total. The molecule has 0 unspecified atom stereocenters. The summed E-state index contributed by atoms with van der Waals surface area (Å²) in [5.41, 5.74) is -0.135. The normalized spacial score (nSPS) is 19.6. The molecule has 2 amide bonds. The van der Waals surface area contributed by atoms with Crippen molar-refractivity contribution < 1.29 is 14.3 Å². The summed E-state index contributed by atoms with van der Waals surface area (Å²) < 4.78 is 5.62. The number of ether oxygens (including phenoxy) is 1. The molecule has 2 aliphatic heterocycles. The Morgan fingerprint density at radius 1 is 1.12 bits per heavy atom. The van der Waals surface area contributed by atoms with Gasteiger partial charge in [0.2, 0.25) is 0 Å². The maximum atomic E-state index is 12.9. The largest absolute Gasteiger partial charge is 0.368 e. The van der Waals surface area contributed by atoms with Crippen molar-refractivity contribution in [3.05, 3.63) is 34.9 Å². The minimum atomic E-state index is -0.718. The number of nitrogens with one attached hydrogen (secondary N) is 1. The molecule has 26 heavy (non-hydrogen) atoms. The highest BCUT2D eigenvalue weighted by Crippen LogP contribution is 2.26. The quantitative estimate of drug-likeness (QED) is 0.838. The average molecular weight is 402 g/mol. The van der Waals surface area contributed by atoms with E-state index in [4.69, 9.17) is 16.3 Å². The van der Waals surface area contributed by atoms with E-state index in [-0.39, 0.29) is 24.2 Å². The van der Waals surface area contributed by atoms with Gasteiger partial charge in [-0.2, -0.15) is 0 Å². The molecule has 2 aliphatic rings. The molecular formula is C18H25Cl2N3O3. The van der Waals surface area contributed by atoms with Crippen molar-refractivity contribution in [3.63, 3.8) is 0 Å². The van der Waals surface area contributed by atoms with Gasteiger partial charge in [0.15, 0.2) is 0 Å². The van der Waals surface area contributed by atoms with E-state index in [1.807, 2.05) is 4.90 Å². The molecule has 1 aromatic carbocycles. The van der Waals surface area contributed by atoms with Crippen LogP contribution in [0.4, 0.5) is 0 Å². The van der Waals surface area contributed by atoms with E-state index in [2.05, 4.69) is 5.32 Å². The van der Waals surface area contributed by atoms with E-state index < -0.39 is 5.60 Å². The number of nitrogens with zero attached hydrogens (tertiary/aromatic N) is 2. The van der Waals surface area contributed by atoms with Gasteiger partial charge in [-0.05, 0) is 44.1 Å².